The molecule has 1 aliphatic rings. The molecule has 1 aliphatic heterocycles. The van der Waals surface area contributed by atoms with E-state index in [1.165, 1.54) is 0 Å². The maximum Gasteiger partial charge on any atom is 0.242 e. The number of carbonyl (C=O) groups excluding carboxylic acids is 2. The van der Waals surface area contributed by atoms with E-state index in [-0.39, 0.29) is 17.7 Å². The standard InChI is InChI=1S/C22H25N5O2/c1-13(7-14-8-15-9-18(23)21(28)26-20(15)25-10-14)22(29)27(2)12-16-11-24-19-6-4-3-5-17(16)19/h3-6,8,10-11,13,18,24H,7,9,12,23H2,1-2H3,(H,25,26,28). The number of anilines is 1. The smallest absolute Gasteiger partial charge is 0.242 e. The van der Waals surface area contributed by atoms with Crippen molar-refractivity contribution in [3.05, 3.63) is 59.4 Å². The van der Waals surface area contributed by atoms with Crippen LogP contribution in [0.1, 0.15) is 23.6 Å². The van der Waals surface area contributed by atoms with Crippen LogP contribution < -0.4 is 11.1 Å². The highest BCUT2D eigenvalue weighted by atomic mass is 16.2. The predicted octanol–water partition coefficient (Wildman–Crippen LogP) is 2.22. The first-order valence-electron chi connectivity index (χ1n) is 9.76. The van der Waals surface area contributed by atoms with Crippen molar-refractivity contribution >= 4 is 28.5 Å². The lowest BCUT2D eigenvalue weighted by Crippen LogP contribution is -2.41. The molecule has 7 nitrogen and oxygen atoms in total. The van der Waals surface area contributed by atoms with Crippen LogP contribution in [-0.2, 0) is 29.0 Å². The first-order chi connectivity index (χ1) is 13.9. The van der Waals surface area contributed by atoms with E-state index >= 15 is 0 Å². The Morgan fingerprint density at radius 2 is 2.17 bits per heavy atom. The summed E-state index contributed by atoms with van der Waals surface area (Å²) in [5.41, 5.74) is 9.89. The highest BCUT2D eigenvalue weighted by molar-refractivity contribution is 5.96. The zero-order chi connectivity index (χ0) is 20.5. The van der Waals surface area contributed by atoms with Gasteiger partial charge in [-0.15, -0.1) is 0 Å². The zero-order valence-electron chi connectivity index (χ0n) is 16.6. The lowest BCUT2D eigenvalue weighted by atomic mass is 9.96. The van der Waals surface area contributed by atoms with Crippen LogP contribution in [0.4, 0.5) is 5.82 Å². The van der Waals surface area contributed by atoms with Gasteiger partial charge >= 0.3 is 0 Å². The quantitative estimate of drug-likeness (QED) is 0.620. The molecular formula is C22H25N5O2. The van der Waals surface area contributed by atoms with Gasteiger partial charge in [0.25, 0.3) is 0 Å². The van der Waals surface area contributed by atoms with E-state index < -0.39 is 6.04 Å². The molecule has 0 saturated heterocycles. The number of pyridine rings is 1. The van der Waals surface area contributed by atoms with Crippen molar-refractivity contribution in [2.24, 2.45) is 11.7 Å². The number of nitrogens with two attached hydrogens (primary N) is 1. The van der Waals surface area contributed by atoms with E-state index in [0.717, 1.165) is 27.6 Å². The largest absolute Gasteiger partial charge is 0.361 e. The van der Waals surface area contributed by atoms with Gasteiger partial charge in [-0.05, 0) is 29.2 Å². The van der Waals surface area contributed by atoms with Gasteiger partial charge in [0.2, 0.25) is 11.8 Å². The van der Waals surface area contributed by atoms with E-state index in [9.17, 15) is 9.59 Å². The molecule has 3 aromatic rings. The molecule has 2 atom stereocenters. The van der Waals surface area contributed by atoms with E-state index in [0.29, 0.717) is 25.2 Å². The molecule has 0 aliphatic carbocycles. The molecule has 0 saturated carbocycles. The number of benzene rings is 1. The summed E-state index contributed by atoms with van der Waals surface area (Å²) in [4.78, 5) is 33.9. The maximum atomic E-state index is 12.9. The Bertz CT molecular complexity index is 1070. The molecule has 2 amide bonds. The van der Waals surface area contributed by atoms with Gasteiger partial charge in [0, 0.05) is 49.2 Å². The monoisotopic (exact) mass is 391 g/mol. The maximum absolute atomic E-state index is 12.9. The number of aromatic amines is 1. The summed E-state index contributed by atoms with van der Waals surface area (Å²) in [5.74, 6) is 0.256. The Kier molecular flexibility index (Phi) is 5.07. The number of aromatic nitrogens is 2. The van der Waals surface area contributed by atoms with Crippen LogP contribution in [0.15, 0.2) is 42.7 Å². The zero-order valence-corrected chi connectivity index (χ0v) is 16.6. The van der Waals surface area contributed by atoms with Crippen molar-refractivity contribution in [2.75, 3.05) is 12.4 Å². The van der Waals surface area contributed by atoms with Crippen LogP contribution in [0.25, 0.3) is 10.9 Å². The number of hydrogen-bond acceptors (Lipinski definition) is 4. The van der Waals surface area contributed by atoms with Crippen LogP contribution in [0.5, 0.6) is 0 Å². The SMILES string of the molecule is CC(Cc1cnc2c(c1)CC(N)C(=O)N2)C(=O)N(C)Cc1c[nH]c2ccccc12. The predicted molar refractivity (Wildman–Crippen MR) is 112 cm³/mol. The van der Waals surface area contributed by atoms with Crippen LogP contribution in [0.3, 0.4) is 0 Å². The van der Waals surface area contributed by atoms with Crippen molar-refractivity contribution in [2.45, 2.75) is 32.4 Å². The molecule has 3 heterocycles. The fourth-order valence-electron chi connectivity index (χ4n) is 3.89. The highest BCUT2D eigenvalue weighted by Crippen LogP contribution is 2.23. The summed E-state index contributed by atoms with van der Waals surface area (Å²) in [6, 6.07) is 9.52. The molecule has 29 heavy (non-hydrogen) atoms. The molecule has 2 aromatic heterocycles. The Labute approximate surface area is 169 Å². The Morgan fingerprint density at radius 1 is 1.38 bits per heavy atom. The summed E-state index contributed by atoms with van der Waals surface area (Å²) in [7, 11) is 1.83. The average molecular weight is 391 g/mol. The number of H-pyrrole nitrogens is 1. The molecule has 0 fully saturated rings. The molecule has 150 valence electrons. The fourth-order valence-corrected chi connectivity index (χ4v) is 3.89. The topological polar surface area (TPSA) is 104 Å². The lowest BCUT2D eigenvalue weighted by molar-refractivity contribution is -0.134. The summed E-state index contributed by atoms with van der Waals surface area (Å²) >= 11 is 0. The van der Waals surface area contributed by atoms with Crippen LogP contribution in [0.2, 0.25) is 0 Å². The van der Waals surface area contributed by atoms with Gasteiger partial charge in [-0.3, -0.25) is 9.59 Å². The normalized spacial score (nSPS) is 16.9. The van der Waals surface area contributed by atoms with Gasteiger partial charge in [-0.1, -0.05) is 31.2 Å². The number of rotatable bonds is 5. The van der Waals surface area contributed by atoms with Gasteiger partial charge in [-0.25, -0.2) is 4.98 Å². The first kappa shape index (κ1) is 19.1. The van der Waals surface area contributed by atoms with Gasteiger partial charge in [0.15, 0.2) is 0 Å². The Morgan fingerprint density at radius 3 is 3.00 bits per heavy atom. The van der Waals surface area contributed by atoms with Crippen LogP contribution in [-0.4, -0.2) is 39.8 Å². The van der Waals surface area contributed by atoms with Crippen molar-refractivity contribution in [3.63, 3.8) is 0 Å². The number of nitrogens with one attached hydrogen (secondary N) is 2. The summed E-state index contributed by atoms with van der Waals surface area (Å²) in [5, 5.41) is 3.85. The molecule has 7 heteroatoms. The number of carbonyl (C=O) groups is 2. The van der Waals surface area contributed by atoms with E-state index in [1.54, 1.807) is 11.1 Å². The van der Waals surface area contributed by atoms with E-state index in [1.807, 2.05) is 44.4 Å². The van der Waals surface area contributed by atoms with Gasteiger partial charge in [0.1, 0.15) is 5.82 Å². The molecule has 4 N–H and O–H groups in total. The van der Waals surface area contributed by atoms with Gasteiger partial charge in [-0.2, -0.15) is 0 Å². The molecule has 2 unspecified atom stereocenters. The van der Waals surface area contributed by atoms with Crippen molar-refractivity contribution in [1.29, 1.82) is 0 Å². The number of para-hydroxylation sites is 1. The average Bonchev–Trinajstić information content (AvgIpc) is 3.11. The molecule has 4 rings (SSSR count). The summed E-state index contributed by atoms with van der Waals surface area (Å²) in [6.45, 7) is 2.48. The van der Waals surface area contributed by atoms with E-state index in [4.69, 9.17) is 5.73 Å². The molecule has 0 spiro atoms. The second kappa shape index (κ2) is 7.67. The number of nitrogens with zero attached hydrogens (tertiary/aromatic N) is 2. The first-order valence-corrected chi connectivity index (χ1v) is 9.76. The fraction of sp³-hybridized carbons (Fsp3) is 0.318. The third kappa shape index (κ3) is 3.86. The van der Waals surface area contributed by atoms with Crippen LogP contribution in [0, 0.1) is 5.92 Å². The van der Waals surface area contributed by atoms with Crippen molar-refractivity contribution < 1.29 is 9.59 Å². The number of amides is 2. The lowest BCUT2D eigenvalue weighted by Gasteiger charge is -2.23. The minimum atomic E-state index is -0.555. The summed E-state index contributed by atoms with van der Waals surface area (Å²) < 4.78 is 0. The second-order valence-corrected chi connectivity index (χ2v) is 7.81. The van der Waals surface area contributed by atoms with Crippen molar-refractivity contribution in [1.82, 2.24) is 14.9 Å². The molecule has 0 bridgehead atoms. The van der Waals surface area contributed by atoms with Crippen LogP contribution >= 0.6 is 0 Å². The molecule has 1 aromatic carbocycles. The third-order valence-electron chi connectivity index (χ3n) is 5.46. The van der Waals surface area contributed by atoms with Gasteiger partial charge < -0.3 is 20.9 Å². The van der Waals surface area contributed by atoms with E-state index in [2.05, 4.69) is 21.4 Å². The van der Waals surface area contributed by atoms with Gasteiger partial charge in [0.05, 0.1) is 6.04 Å². The number of fused-ring (bicyclic) bond motifs is 2. The number of hydrogen-bond donors (Lipinski definition) is 3. The molecule has 0 radical (unpaired) electrons. The molecular weight excluding hydrogens is 366 g/mol. The Hall–Kier alpha value is -3.19. The highest BCUT2D eigenvalue weighted by Gasteiger charge is 2.25. The minimum absolute atomic E-state index is 0.0815. The minimum Gasteiger partial charge on any atom is -0.361 e. The third-order valence-corrected chi connectivity index (χ3v) is 5.46. The van der Waals surface area contributed by atoms with Crippen molar-refractivity contribution in [3.8, 4) is 0 Å². The second-order valence-electron chi connectivity index (χ2n) is 7.81. The summed E-state index contributed by atoms with van der Waals surface area (Å²) in [6.07, 6.45) is 4.73. The Balaban J connectivity index is 1.43.